The molecule has 0 saturated carbocycles. The van der Waals surface area contributed by atoms with Crippen molar-refractivity contribution in [1.29, 1.82) is 0 Å². The highest BCUT2D eigenvalue weighted by molar-refractivity contribution is 7.89. The molecule has 2 aromatic rings. The third-order valence-electron chi connectivity index (χ3n) is 4.81. The van der Waals surface area contributed by atoms with E-state index in [2.05, 4.69) is 20.3 Å². The van der Waals surface area contributed by atoms with Crippen molar-refractivity contribution in [2.75, 3.05) is 18.4 Å². The van der Waals surface area contributed by atoms with Gasteiger partial charge >= 0.3 is 0 Å². The van der Waals surface area contributed by atoms with Crippen molar-refractivity contribution in [3.8, 4) is 0 Å². The number of carbonyl (C=O) groups is 1. The van der Waals surface area contributed by atoms with Gasteiger partial charge in [0.25, 0.3) is 5.91 Å². The van der Waals surface area contributed by atoms with E-state index in [1.807, 2.05) is 6.92 Å². The maximum absolute atomic E-state index is 12.7. The lowest BCUT2D eigenvalue weighted by molar-refractivity contribution is 0.102. The molecule has 0 aliphatic carbocycles. The van der Waals surface area contributed by atoms with Gasteiger partial charge in [-0.2, -0.15) is 0 Å². The molecule has 0 unspecified atom stereocenters. The highest BCUT2D eigenvalue weighted by atomic mass is 35.5. The molecular weight excluding hydrogens is 420 g/mol. The summed E-state index contributed by atoms with van der Waals surface area (Å²) in [7, 11) is -3.61. The summed E-state index contributed by atoms with van der Waals surface area (Å²) in [6, 6.07) is 4.59. The summed E-state index contributed by atoms with van der Waals surface area (Å²) in [4.78, 5) is 16.3. The summed E-state index contributed by atoms with van der Waals surface area (Å²) < 4.78 is 28.3. The molecule has 1 fully saturated rings. The number of nitrogens with one attached hydrogen (secondary N) is 3. The molecule has 154 valence electrons. The highest BCUT2D eigenvalue weighted by Crippen LogP contribution is 2.23. The van der Waals surface area contributed by atoms with E-state index in [0.29, 0.717) is 22.2 Å². The number of aromatic nitrogens is 1. The number of rotatable bonds is 6. The lowest BCUT2D eigenvalue weighted by Gasteiger charge is -2.28. The molecule has 0 bridgehead atoms. The Hall–Kier alpha value is -1.52. The Bertz CT molecular complexity index is 898. The molecule has 1 aliphatic rings. The largest absolute Gasteiger partial charge is 0.320 e. The van der Waals surface area contributed by atoms with E-state index >= 15 is 0 Å². The molecule has 1 atom stereocenters. The second kappa shape index (κ2) is 9.80. The van der Waals surface area contributed by atoms with Gasteiger partial charge in [0.2, 0.25) is 10.0 Å². The summed E-state index contributed by atoms with van der Waals surface area (Å²) in [5.41, 5.74) is 1.25. The molecule has 28 heavy (non-hydrogen) atoms. The number of hydrogen-bond donors (Lipinski definition) is 3. The second-order valence-electron chi connectivity index (χ2n) is 6.77. The normalized spacial score (nSPS) is 16.2. The standard InChI is InChI=1S/C18H24N4O3S2.ClH/c1-12-11-15(3-4-16(12)21-17(23)18-20-9-10-26-18)27(24,25)22-13(2)14-5-7-19-8-6-14;/h3-4,9-11,13-14,19,22H,5-8H2,1-2H3,(H,21,23);1H/t13-;/m1./s1. The number of aryl methyl sites for hydroxylation is 1. The van der Waals surface area contributed by atoms with Gasteiger partial charge in [-0.3, -0.25) is 4.79 Å². The van der Waals surface area contributed by atoms with Crippen molar-refractivity contribution < 1.29 is 13.2 Å². The minimum atomic E-state index is -3.61. The number of benzene rings is 1. The van der Waals surface area contributed by atoms with Crippen molar-refractivity contribution >= 4 is 45.4 Å². The highest BCUT2D eigenvalue weighted by Gasteiger charge is 2.25. The van der Waals surface area contributed by atoms with Crippen LogP contribution in [0, 0.1) is 12.8 Å². The summed E-state index contributed by atoms with van der Waals surface area (Å²) in [6.07, 6.45) is 3.49. The Morgan fingerprint density at radius 3 is 2.64 bits per heavy atom. The van der Waals surface area contributed by atoms with Gasteiger partial charge in [0.15, 0.2) is 5.01 Å². The fourth-order valence-electron chi connectivity index (χ4n) is 3.21. The van der Waals surface area contributed by atoms with Gasteiger partial charge in [-0.1, -0.05) is 0 Å². The molecule has 0 spiro atoms. The SMILES string of the molecule is Cc1cc(S(=O)(=O)N[C@H](C)C2CCNCC2)ccc1NC(=O)c1nccs1.Cl. The zero-order valence-electron chi connectivity index (χ0n) is 15.8. The predicted octanol–water partition coefficient (Wildman–Crippen LogP) is 2.79. The molecule has 0 radical (unpaired) electrons. The van der Waals surface area contributed by atoms with E-state index in [-0.39, 0.29) is 29.3 Å². The second-order valence-corrected chi connectivity index (χ2v) is 9.37. The van der Waals surface area contributed by atoms with Crippen LogP contribution in [0.5, 0.6) is 0 Å². The molecule has 3 rings (SSSR count). The van der Waals surface area contributed by atoms with Crippen molar-refractivity contribution in [3.63, 3.8) is 0 Å². The van der Waals surface area contributed by atoms with Crippen LogP contribution in [0.1, 0.15) is 35.1 Å². The van der Waals surface area contributed by atoms with E-state index in [9.17, 15) is 13.2 Å². The molecule has 7 nitrogen and oxygen atoms in total. The first-order valence-corrected chi connectivity index (χ1v) is 11.3. The summed E-state index contributed by atoms with van der Waals surface area (Å²) >= 11 is 1.25. The number of sulfonamides is 1. The number of anilines is 1. The predicted molar refractivity (Wildman–Crippen MR) is 114 cm³/mol. The van der Waals surface area contributed by atoms with Crippen LogP contribution in [0.3, 0.4) is 0 Å². The fourth-order valence-corrected chi connectivity index (χ4v) is 5.14. The van der Waals surface area contributed by atoms with Crippen LogP contribution < -0.4 is 15.4 Å². The minimum Gasteiger partial charge on any atom is -0.320 e. The van der Waals surface area contributed by atoms with Crippen molar-refractivity contribution in [2.24, 2.45) is 5.92 Å². The third-order valence-corrected chi connectivity index (χ3v) is 7.14. The van der Waals surface area contributed by atoms with Gasteiger partial charge in [0.1, 0.15) is 0 Å². The number of amides is 1. The Morgan fingerprint density at radius 2 is 2.04 bits per heavy atom. The van der Waals surface area contributed by atoms with Crippen molar-refractivity contribution in [3.05, 3.63) is 40.3 Å². The molecule has 1 aromatic carbocycles. The van der Waals surface area contributed by atoms with Crippen LogP contribution in [0.2, 0.25) is 0 Å². The number of halogens is 1. The number of carbonyl (C=O) groups excluding carboxylic acids is 1. The van der Waals surface area contributed by atoms with Crippen LogP contribution in [0.25, 0.3) is 0 Å². The first-order chi connectivity index (χ1) is 12.9. The lowest BCUT2D eigenvalue weighted by Crippen LogP contribution is -2.42. The molecular formula is C18H25ClN4O3S2. The smallest absolute Gasteiger partial charge is 0.284 e. The van der Waals surface area contributed by atoms with Crippen LogP contribution in [0.4, 0.5) is 5.69 Å². The molecule has 1 aliphatic heterocycles. The van der Waals surface area contributed by atoms with Gasteiger partial charge in [0, 0.05) is 23.3 Å². The monoisotopic (exact) mass is 444 g/mol. The van der Waals surface area contributed by atoms with Gasteiger partial charge in [-0.15, -0.1) is 23.7 Å². The Kier molecular flexibility index (Phi) is 7.97. The Balaban J connectivity index is 0.00000280. The summed E-state index contributed by atoms with van der Waals surface area (Å²) in [6.45, 7) is 5.53. The zero-order chi connectivity index (χ0) is 19.4. The van der Waals surface area contributed by atoms with Crippen LogP contribution in [-0.2, 0) is 10.0 Å². The van der Waals surface area contributed by atoms with Crippen LogP contribution in [-0.4, -0.2) is 38.4 Å². The molecule has 3 N–H and O–H groups in total. The molecule has 1 amide bonds. The van der Waals surface area contributed by atoms with E-state index in [0.717, 1.165) is 25.9 Å². The maximum atomic E-state index is 12.7. The maximum Gasteiger partial charge on any atom is 0.284 e. The van der Waals surface area contributed by atoms with Crippen molar-refractivity contribution in [2.45, 2.75) is 37.6 Å². The number of piperidine rings is 1. The minimum absolute atomic E-state index is 0. The van der Waals surface area contributed by atoms with Crippen LogP contribution in [0.15, 0.2) is 34.7 Å². The average Bonchev–Trinajstić information content (AvgIpc) is 3.18. The van der Waals surface area contributed by atoms with Crippen molar-refractivity contribution in [1.82, 2.24) is 15.0 Å². The van der Waals surface area contributed by atoms with Crippen LogP contribution >= 0.6 is 23.7 Å². The average molecular weight is 445 g/mol. The first-order valence-electron chi connectivity index (χ1n) is 8.91. The van der Waals surface area contributed by atoms with E-state index in [1.165, 1.54) is 17.4 Å². The Morgan fingerprint density at radius 1 is 1.32 bits per heavy atom. The quantitative estimate of drug-likeness (QED) is 0.636. The van der Waals surface area contributed by atoms with Gasteiger partial charge < -0.3 is 10.6 Å². The molecule has 1 aromatic heterocycles. The number of hydrogen-bond acceptors (Lipinski definition) is 6. The molecule has 2 heterocycles. The topological polar surface area (TPSA) is 100 Å². The fraction of sp³-hybridized carbons (Fsp3) is 0.444. The van der Waals surface area contributed by atoms with E-state index in [1.54, 1.807) is 30.6 Å². The van der Waals surface area contributed by atoms with E-state index in [4.69, 9.17) is 0 Å². The third kappa shape index (κ3) is 5.51. The first kappa shape index (κ1) is 22.8. The summed E-state index contributed by atoms with van der Waals surface area (Å²) in [5.74, 6) is 0.0281. The van der Waals surface area contributed by atoms with Gasteiger partial charge in [0.05, 0.1) is 4.90 Å². The summed E-state index contributed by atoms with van der Waals surface area (Å²) in [5, 5.41) is 8.15. The van der Waals surface area contributed by atoms with Gasteiger partial charge in [-0.05, 0) is 69.5 Å². The van der Waals surface area contributed by atoms with E-state index < -0.39 is 10.0 Å². The number of nitrogens with zero attached hydrogens (tertiary/aromatic N) is 1. The molecule has 10 heteroatoms. The lowest BCUT2D eigenvalue weighted by atomic mass is 9.92. The van der Waals surface area contributed by atoms with Gasteiger partial charge in [-0.25, -0.2) is 18.1 Å². The zero-order valence-corrected chi connectivity index (χ0v) is 18.2. The number of thiazole rings is 1. The Labute approximate surface area is 175 Å². The molecule has 1 saturated heterocycles.